The molecule has 6 nitrogen and oxygen atoms in total. The van der Waals surface area contributed by atoms with E-state index in [2.05, 4.69) is 15.7 Å². The number of nitrogens with one attached hydrogen (secondary N) is 2. The van der Waals surface area contributed by atoms with Crippen molar-refractivity contribution in [2.75, 3.05) is 5.32 Å². The van der Waals surface area contributed by atoms with Crippen LogP contribution in [0, 0.1) is 6.92 Å². The summed E-state index contributed by atoms with van der Waals surface area (Å²) < 4.78 is 40.1. The molecule has 0 unspecified atom stereocenters. The fraction of sp³-hybridized carbons (Fsp3) is 0.421. The third kappa shape index (κ3) is 4.71. The maximum atomic E-state index is 13.0. The highest BCUT2D eigenvalue weighted by molar-refractivity contribution is 6.09. The summed E-state index contributed by atoms with van der Waals surface area (Å²) in [6.07, 6.45) is -4.67. The van der Waals surface area contributed by atoms with Crippen molar-refractivity contribution >= 4 is 17.5 Å². The van der Waals surface area contributed by atoms with Gasteiger partial charge in [0.05, 0.1) is 11.3 Å². The number of para-hydroxylation sites is 1. The summed E-state index contributed by atoms with van der Waals surface area (Å²) >= 11 is 0. The van der Waals surface area contributed by atoms with Crippen molar-refractivity contribution in [2.24, 2.45) is 0 Å². The number of carbonyl (C=O) groups excluding carboxylic acids is 2. The minimum Gasteiger partial charge on any atom is -0.350 e. The predicted octanol–water partition coefficient (Wildman–Crippen LogP) is 4.18. The molecule has 1 aromatic heterocycles. The molecule has 1 heterocycles. The Labute approximate surface area is 161 Å². The first-order valence-corrected chi connectivity index (χ1v) is 8.80. The number of aromatic nitrogens is 2. The zero-order valence-electron chi connectivity index (χ0n) is 16.3. The molecular weight excluding hydrogens is 373 g/mol. The van der Waals surface area contributed by atoms with Gasteiger partial charge in [-0.3, -0.25) is 14.3 Å². The van der Waals surface area contributed by atoms with Crippen LogP contribution < -0.4 is 10.6 Å². The average molecular weight is 396 g/mol. The molecule has 0 saturated heterocycles. The van der Waals surface area contributed by atoms with Crippen molar-refractivity contribution in [3.63, 3.8) is 0 Å². The molecule has 0 aliphatic carbocycles. The largest absolute Gasteiger partial charge is 0.435 e. The van der Waals surface area contributed by atoms with E-state index in [9.17, 15) is 22.8 Å². The van der Waals surface area contributed by atoms with Gasteiger partial charge < -0.3 is 10.6 Å². The number of rotatable bonds is 5. The fourth-order valence-electron chi connectivity index (χ4n) is 2.64. The number of amides is 2. The Morgan fingerprint density at radius 3 is 2.29 bits per heavy atom. The molecule has 0 atom stereocenters. The van der Waals surface area contributed by atoms with Crippen molar-refractivity contribution in [3.8, 4) is 0 Å². The standard InChI is InChI=1S/C19H23F3N4O2/c1-10(2)23-17(27)13-8-6-7-12(5)16(13)24-18(28)14-9-15(19(20,21)22)25-26(14)11(3)4/h6-11H,1-5H3,(H,23,27)(H,24,28). The van der Waals surface area contributed by atoms with Gasteiger partial charge in [-0.25, -0.2) is 0 Å². The highest BCUT2D eigenvalue weighted by Gasteiger charge is 2.36. The van der Waals surface area contributed by atoms with E-state index in [1.165, 1.54) is 0 Å². The number of halogens is 3. The Balaban J connectivity index is 2.44. The molecule has 0 bridgehead atoms. The zero-order valence-corrected chi connectivity index (χ0v) is 16.3. The monoisotopic (exact) mass is 396 g/mol. The van der Waals surface area contributed by atoms with Crippen molar-refractivity contribution in [1.82, 2.24) is 15.1 Å². The number of aryl methyl sites for hydroxylation is 1. The van der Waals surface area contributed by atoms with Crippen molar-refractivity contribution in [1.29, 1.82) is 0 Å². The third-order valence-electron chi connectivity index (χ3n) is 3.92. The van der Waals surface area contributed by atoms with E-state index in [1.54, 1.807) is 52.8 Å². The molecule has 28 heavy (non-hydrogen) atoms. The Kier molecular flexibility index (Phi) is 6.16. The maximum absolute atomic E-state index is 13.0. The van der Waals surface area contributed by atoms with Crippen molar-refractivity contribution in [2.45, 2.75) is 52.9 Å². The lowest BCUT2D eigenvalue weighted by Crippen LogP contribution is -2.31. The van der Waals surface area contributed by atoms with E-state index in [0.717, 1.165) is 4.68 Å². The van der Waals surface area contributed by atoms with Crippen LogP contribution in [0.25, 0.3) is 0 Å². The van der Waals surface area contributed by atoms with Gasteiger partial charge in [0.25, 0.3) is 11.8 Å². The predicted molar refractivity (Wildman–Crippen MR) is 99.3 cm³/mol. The van der Waals surface area contributed by atoms with Gasteiger partial charge >= 0.3 is 6.18 Å². The molecule has 152 valence electrons. The lowest BCUT2D eigenvalue weighted by atomic mass is 10.1. The molecule has 0 fully saturated rings. The Morgan fingerprint density at radius 1 is 1.11 bits per heavy atom. The van der Waals surface area contributed by atoms with E-state index in [4.69, 9.17) is 0 Å². The molecule has 2 N–H and O–H groups in total. The second-order valence-corrected chi connectivity index (χ2v) is 7.03. The van der Waals surface area contributed by atoms with Gasteiger partial charge in [-0.2, -0.15) is 18.3 Å². The maximum Gasteiger partial charge on any atom is 0.435 e. The van der Waals surface area contributed by atoms with Crippen LogP contribution in [0.5, 0.6) is 0 Å². The van der Waals surface area contributed by atoms with Crippen molar-refractivity contribution in [3.05, 3.63) is 46.8 Å². The van der Waals surface area contributed by atoms with Crippen LogP contribution in [0.15, 0.2) is 24.3 Å². The number of benzene rings is 1. The number of hydrogen-bond donors (Lipinski definition) is 2. The van der Waals surface area contributed by atoms with E-state index in [1.807, 2.05) is 0 Å². The summed E-state index contributed by atoms with van der Waals surface area (Å²) in [6.45, 7) is 8.54. The molecule has 0 aliphatic heterocycles. The third-order valence-corrected chi connectivity index (χ3v) is 3.92. The highest BCUT2D eigenvalue weighted by Crippen LogP contribution is 2.30. The first-order chi connectivity index (χ1) is 12.9. The van der Waals surface area contributed by atoms with Crippen LogP contribution >= 0.6 is 0 Å². The Morgan fingerprint density at radius 2 is 1.75 bits per heavy atom. The number of anilines is 1. The van der Waals surface area contributed by atoms with Crippen LogP contribution in [0.2, 0.25) is 0 Å². The van der Waals surface area contributed by atoms with Gasteiger partial charge in [-0.05, 0) is 46.2 Å². The van der Waals surface area contributed by atoms with Crippen molar-refractivity contribution < 1.29 is 22.8 Å². The van der Waals surface area contributed by atoms with E-state index in [-0.39, 0.29) is 28.9 Å². The van der Waals surface area contributed by atoms with E-state index >= 15 is 0 Å². The van der Waals surface area contributed by atoms with Gasteiger partial charge in [0.1, 0.15) is 5.69 Å². The summed E-state index contributed by atoms with van der Waals surface area (Å²) in [5.74, 6) is -1.16. The van der Waals surface area contributed by atoms with Crippen LogP contribution in [-0.4, -0.2) is 27.6 Å². The highest BCUT2D eigenvalue weighted by atomic mass is 19.4. The smallest absolute Gasteiger partial charge is 0.350 e. The quantitative estimate of drug-likeness (QED) is 0.796. The molecule has 2 aromatic rings. The number of carbonyl (C=O) groups is 2. The first-order valence-electron chi connectivity index (χ1n) is 8.80. The lowest BCUT2D eigenvalue weighted by Gasteiger charge is -2.16. The molecule has 9 heteroatoms. The minimum atomic E-state index is -4.67. The van der Waals surface area contributed by atoms with Crippen LogP contribution in [0.1, 0.15) is 65.8 Å². The Bertz CT molecular complexity index is 886. The van der Waals surface area contributed by atoms with E-state index < -0.39 is 23.8 Å². The molecule has 2 rings (SSSR count). The Hall–Kier alpha value is -2.84. The number of alkyl halides is 3. The van der Waals surface area contributed by atoms with Gasteiger partial charge in [0.2, 0.25) is 0 Å². The first kappa shape index (κ1) is 21.5. The normalized spacial score (nSPS) is 11.8. The van der Waals surface area contributed by atoms with E-state index in [0.29, 0.717) is 11.6 Å². The van der Waals surface area contributed by atoms with Crippen LogP contribution in [0.3, 0.4) is 0 Å². The molecule has 2 amide bonds. The van der Waals surface area contributed by atoms with Gasteiger partial charge in [-0.15, -0.1) is 0 Å². The summed E-state index contributed by atoms with van der Waals surface area (Å²) in [5, 5.41) is 8.83. The second kappa shape index (κ2) is 8.04. The minimum absolute atomic E-state index is 0.117. The van der Waals surface area contributed by atoms with Crippen LogP contribution in [0.4, 0.5) is 18.9 Å². The average Bonchev–Trinajstić information content (AvgIpc) is 3.01. The zero-order chi connectivity index (χ0) is 21.2. The van der Waals surface area contributed by atoms with Gasteiger partial charge in [0.15, 0.2) is 5.69 Å². The lowest BCUT2D eigenvalue weighted by molar-refractivity contribution is -0.141. The number of nitrogens with zero attached hydrogens (tertiary/aromatic N) is 2. The molecule has 0 saturated carbocycles. The SMILES string of the molecule is Cc1cccc(C(=O)NC(C)C)c1NC(=O)c1cc(C(F)(F)F)nn1C(C)C. The summed E-state index contributed by atoms with van der Waals surface area (Å²) in [7, 11) is 0. The summed E-state index contributed by atoms with van der Waals surface area (Å²) in [5.41, 5.74) is -0.296. The van der Waals surface area contributed by atoms with Gasteiger partial charge in [0, 0.05) is 18.2 Å². The summed E-state index contributed by atoms with van der Waals surface area (Å²) in [6, 6.07) is 5.04. The molecule has 1 aromatic carbocycles. The summed E-state index contributed by atoms with van der Waals surface area (Å²) in [4.78, 5) is 25.2. The molecule has 0 radical (unpaired) electrons. The molecule has 0 spiro atoms. The fourth-order valence-corrected chi connectivity index (χ4v) is 2.64. The molecular formula is C19H23F3N4O2. The van der Waals surface area contributed by atoms with Gasteiger partial charge in [-0.1, -0.05) is 12.1 Å². The second-order valence-electron chi connectivity index (χ2n) is 7.03. The number of hydrogen-bond acceptors (Lipinski definition) is 3. The van der Waals surface area contributed by atoms with Crippen LogP contribution in [-0.2, 0) is 6.18 Å². The molecule has 0 aliphatic rings. The topological polar surface area (TPSA) is 76.0 Å².